The summed E-state index contributed by atoms with van der Waals surface area (Å²) in [6.45, 7) is 4.70. The Hall–Kier alpha value is -1.39. The van der Waals surface area contributed by atoms with E-state index in [1.54, 1.807) is 7.11 Å². The lowest BCUT2D eigenvalue weighted by atomic mass is 10.0. The van der Waals surface area contributed by atoms with Crippen LogP contribution in [-0.2, 0) is 4.74 Å². The second kappa shape index (κ2) is 6.37. The maximum absolute atomic E-state index is 12.0. The molecule has 4 heteroatoms. The normalized spacial score (nSPS) is 10.4. The van der Waals surface area contributed by atoms with Gasteiger partial charge in [-0.15, -0.1) is 0 Å². The third kappa shape index (κ3) is 3.54. The molecule has 0 aromatic heterocycles. The summed E-state index contributed by atoms with van der Waals surface area (Å²) in [5.74, 6) is 0.525. The van der Waals surface area contributed by atoms with Crippen molar-refractivity contribution in [3.8, 4) is 5.75 Å². The van der Waals surface area contributed by atoms with Crippen molar-refractivity contribution in [1.29, 1.82) is 0 Å². The summed E-state index contributed by atoms with van der Waals surface area (Å²) in [4.78, 5) is 12.0. The summed E-state index contributed by atoms with van der Waals surface area (Å²) in [7, 11) is 1.56. The van der Waals surface area contributed by atoms with Crippen molar-refractivity contribution in [2.75, 3.05) is 26.9 Å². The topological polar surface area (TPSA) is 61.5 Å². The molecule has 94 valence electrons. The van der Waals surface area contributed by atoms with Crippen molar-refractivity contribution in [3.63, 3.8) is 0 Å². The van der Waals surface area contributed by atoms with Crippen LogP contribution in [0, 0.1) is 13.8 Å². The zero-order valence-electron chi connectivity index (χ0n) is 10.6. The van der Waals surface area contributed by atoms with Gasteiger partial charge in [0.2, 0.25) is 0 Å². The number of hydrogen-bond acceptors (Lipinski definition) is 4. The largest absolute Gasteiger partial charge is 0.496 e. The van der Waals surface area contributed by atoms with Crippen molar-refractivity contribution >= 4 is 5.78 Å². The number of methoxy groups -OCH3 is 1. The van der Waals surface area contributed by atoms with Crippen molar-refractivity contribution < 1.29 is 14.3 Å². The van der Waals surface area contributed by atoms with E-state index in [-0.39, 0.29) is 12.4 Å². The highest BCUT2D eigenvalue weighted by Gasteiger charge is 2.15. The van der Waals surface area contributed by atoms with E-state index >= 15 is 0 Å². The smallest absolute Gasteiger partial charge is 0.192 e. The lowest BCUT2D eigenvalue weighted by Crippen LogP contribution is -2.16. The number of ketones is 1. The lowest BCUT2D eigenvalue weighted by molar-refractivity contribution is 0.0770. The number of Topliss-reactive ketones (excluding diaryl/α,β-unsaturated/α-hetero) is 1. The molecular weight excluding hydrogens is 218 g/mol. The number of ether oxygens (including phenoxy) is 2. The van der Waals surface area contributed by atoms with E-state index in [0.717, 1.165) is 11.1 Å². The Kier molecular flexibility index (Phi) is 5.12. The van der Waals surface area contributed by atoms with Crippen molar-refractivity contribution in [3.05, 3.63) is 28.8 Å². The van der Waals surface area contributed by atoms with Gasteiger partial charge < -0.3 is 15.2 Å². The molecule has 0 fully saturated rings. The Labute approximate surface area is 102 Å². The van der Waals surface area contributed by atoms with Crippen LogP contribution in [-0.4, -0.2) is 32.7 Å². The molecule has 4 nitrogen and oxygen atoms in total. The van der Waals surface area contributed by atoms with Gasteiger partial charge in [-0.1, -0.05) is 6.07 Å². The summed E-state index contributed by atoms with van der Waals surface area (Å²) in [6, 6.07) is 3.81. The molecule has 0 aliphatic rings. The Morgan fingerprint density at radius 1 is 1.35 bits per heavy atom. The first-order valence-corrected chi connectivity index (χ1v) is 5.56. The van der Waals surface area contributed by atoms with E-state index in [9.17, 15) is 4.79 Å². The van der Waals surface area contributed by atoms with Crippen molar-refractivity contribution in [1.82, 2.24) is 0 Å². The molecule has 1 rings (SSSR count). The van der Waals surface area contributed by atoms with Gasteiger partial charge in [0.1, 0.15) is 12.4 Å². The molecule has 0 amide bonds. The maximum Gasteiger partial charge on any atom is 0.192 e. The van der Waals surface area contributed by atoms with E-state index in [4.69, 9.17) is 15.2 Å². The van der Waals surface area contributed by atoms with Crippen LogP contribution < -0.4 is 10.5 Å². The number of hydrogen-bond donors (Lipinski definition) is 1. The fraction of sp³-hybridized carbons (Fsp3) is 0.462. The molecule has 0 spiro atoms. The van der Waals surface area contributed by atoms with Gasteiger partial charge in [0, 0.05) is 6.54 Å². The minimum atomic E-state index is -0.0761. The number of benzene rings is 1. The number of aryl methyl sites for hydroxylation is 2. The molecule has 0 radical (unpaired) electrons. The first-order chi connectivity index (χ1) is 8.10. The predicted octanol–water partition coefficient (Wildman–Crippen LogP) is 1.47. The van der Waals surface area contributed by atoms with Gasteiger partial charge in [0.15, 0.2) is 5.78 Å². The van der Waals surface area contributed by atoms with Gasteiger partial charge in [0.25, 0.3) is 0 Å². The van der Waals surface area contributed by atoms with Crippen LogP contribution in [0.5, 0.6) is 5.75 Å². The van der Waals surface area contributed by atoms with Gasteiger partial charge >= 0.3 is 0 Å². The number of carbonyl (C=O) groups excluding carboxylic acids is 1. The van der Waals surface area contributed by atoms with E-state index in [2.05, 4.69) is 0 Å². The third-order valence-corrected chi connectivity index (χ3v) is 2.44. The van der Waals surface area contributed by atoms with Gasteiger partial charge in [-0.2, -0.15) is 0 Å². The second-order valence-electron chi connectivity index (χ2n) is 3.92. The van der Waals surface area contributed by atoms with Crippen LogP contribution in [0.25, 0.3) is 0 Å². The molecular formula is C13H19NO3. The monoisotopic (exact) mass is 237 g/mol. The first-order valence-electron chi connectivity index (χ1n) is 5.56. The van der Waals surface area contributed by atoms with Gasteiger partial charge in [-0.05, 0) is 31.0 Å². The second-order valence-corrected chi connectivity index (χ2v) is 3.92. The Morgan fingerprint density at radius 3 is 2.65 bits per heavy atom. The quantitative estimate of drug-likeness (QED) is 0.601. The zero-order chi connectivity index (χ0) is 12.8. The average Bonchev–Trinajstić information content (AvgIpc) is 2.27. The van der Waals surface area contributed by atoms with E-state index < -0.39 is 0 Å². The highest BCUT2D eigenvalue weighted by atomic mass is 16.5. The molecule has 1 aromatic carbocycles. The fourth-order valence-electron chi connectivity index (χ4n) is 1.77. The SMILES string of the molecule is COc1cc(C)cc(C)c1C(=O)COCCN. The van der Waals surface area contributed by atoms with Gasteiger partial charge in [-0.3, -0.25) is 4.79 Å². The first kappa shape index (κ1) is 13.7. The van der Waals surface area contributed by atoms with Crippen LogP contribution in [0.2, 0.25) is 0 Å². The number of carbonyl (C=O) groups is 1. The van der Waals surface area contributed by atoms with Gasteiger partial charge in [0.05, 0.1) is 19.3 Å². The highest BCUT2D eigenvalue weighted by Crippen LogP contribution is 2.24. The summed E-state index contributed by atoms with van der Waals surface area (Å²) < 4.78 is 10.4. The molecule has 0 heterocycles. The standard InChI is InChI=1S/C13H19NO3/c1-9-6-10(2)13(12(7-9)16-3)11(15)8-17-5-4-14/h6-7H,4-5,8,14H2,1-3H3. The van der Waals surface area contributed by atoms with Crippen LogP contribution >= 0.6 is 0 Å². The van der Waals surface area contributed by atoms with Crippen LogP contribution in [0.1, 0.15) is 21.5 Å². The predicted molar refractivity (Wildman–Crippen MR) is 66.7 cm³/mol. The Balaban J connectivity index is 2.92. The minimum Gasteiger partial charge on any atom is -0.496 e. The molecule has 0 unspecified atom stereocenters. The fourth-order valence-corrected chi connectivity index (χ4v) is 1.77. The molecule has 2 N–H and O–H groups in total. The summed E-state index contributed by atoms with van der Waals surface area (Å²) >= 11 is 0. The van der Waals surface area contributed by atoms with Crippen molar-refractivity contribution in [2.24, 2.45) is 5.73 Å². The molecule has 17 heavy (non-hydrogen) atoms. The molecule has 0 atom stereocenters. The molecule has 0 bridgehead atoms. The average molecular weight is 237 g/mol. The number of nitrogens with two attached hydrogens (primary N) is 1. The molecule has 0 aliphatic carbocycles. The maximum atomic E-state index is 12.0. The molecule has 1 aromatic rings. The van der Waals surface area contributed by atoms with Crippen molar-refractivity contribution in [2.45, 2.75) is 13.8 Å². The summed E-state index contributed by atoms with van der Waals surface area (Å²) in [6.07, 6.45) is 0. The Bertz CT molecular complexity index is 402. The summed E-state index contributed by atoms with van der Waals surface area (Å²) in [5, 5.41) is 0. The Morgan fingerprint density at radius 2 is 2.06 bits per heavy atom. The van der Waals surface area contributed by atoms with Gasteiger partial charge in [-0.25, -0.2) is 0 Å². The molecule has 0 saturated carbocycles. The molecule has 0 aliphatic heterocycles. The molecule has 0 saturated heterocycles. The zero-order valence-corrected chi connectivity index (χ0v) is 10.6. The summed E-state index contributed by atoms with van der Waals surface area (Å²) in [5.41, 5.74) is 7.87. The van der Waals surface area contributed by atoms with E-state index in [1.807, 2.05) is 26.0 Å². The van der Waals surface area contributed by atoms with Crippen LogP contribution in [0.3, 0.4) is 0 Å². The van der Waals surface area contributed by atoms with Crippen LogP contribution in [0.4, 0.5) is 0 Å². The van der Waals surface area contributed by atoms with Crippen LogP contribution in [0.15, 0.2) is 12.1 Å². The minimum absolute atomic E-state index is 0.0391. The number of rotatable bonds is 6. The lowest BCUT2D eigenvalue weighted by Gasteiger charge is -2.12. The van der Waals surface area contributed by atoms with E-state index in [1.165, 1.54) is 0 Å². The third-order valence-electron chi connectivity index (χ3n) is 2.44. The van der Waals surface area contributed by atoms with E-state index in [0.29, 0.717) is 24.5 Å². The highest BCUT2D eigenvalue weighted by molar-refractivity contribution is 6.01.